The molecule has 0 spiro atoms. The van der Waals surface area contributed by atoms with E-state index in [1.54, 1.807) is 0 Å². The van der Waals surface area contributed by atoms with Crippen LogP contribution in [0.2, 0.25) is 0 Å². The van der Waals surface area contributed by atoms with E-state index in [2.05, 4.69) is 14.5 Å². The Hall–Kier alpha value is -2.13. The molecular formula is C9H6F5NO4. The second-order valence-corrected chi connectivity index (χ2v) is 3.07. The fraction of sp³-hybridized carbons (Fsp3) is 0.333. The SMILES string of the molecule is COC(=O)c1ncc(OC(F)(F)F)c(C(F)F)c1O. The van der Waals surface area contributed by atoms with Crippen molar-refractivity contribution in [3.63, 3.8) is 0 Å². The number of carbonyl (C=O) groups excluding carboxylic acids is 1. The van der Waals surface area contributed by atoms with Crippen molar-refractivity contribution >= 4 is 5.97 Å². The molecule has 0 saturated heterocycles. The molecule has 0 atom stereocenters. The van der Waals surface area contributed by atoms with E-state index < -0.39 is 41.5 Å². The summed E-state index contributed by atoms with van der Waals surface area (Å²) in [5, 5.41) is 9.35. The Bertz CT molecular complexity index is 488. The van der Waals surface area contributed by atoms with Gasteiger partial charge in [0.1, 0.15) is 5.56 Å². The average Bonchev–Trinajstić information content (AvgIpc) is 2.25. The highest BCUT2D eigenvalue weighted by molar-refractivity contribution is 5.90. The number of aromatic nitrogens is 1. The fourth-order valence-corrected chi connectivity index (χ4v) is 1.16. The summed E-state index contributed by atoms with van der Waals surface area (Å²) in [7, 11) is 0.881. The van der Waals surface area contributed by atoms with E-state index in [0.717, 1.165) is 7.11 Å². The molecule has 1 aromatic heterocycles. The van der Waals surface area contributed by atoms with Crippen LogP contribution >= 0.6 is 0 Å². The highest BCUT2D eigenvalue weighted by Crippen LogP contribution is 2.39. The Kier molecular flexibility index (Phi) is 4.12. The number of halogens is 5. The number of esters is 1. The molecule has 1 heterocycles. The molecule has 0 saturated carbocycles. The Balaban J connectivity index is 3.36. The third-order valence-corrected chi connectivity index (χ3v) is 1.88. The van der Waals surface area contributed by atoms with Crippen LogP contribution in [0.15, 0.2) is 6.20 Å². The predicted octanol–water partition coefficient (Wildman–Crippen LogP) is 2.41. The first-order valence-corrected chi connectivity index (χ1v) is 4.51. The number of methoxy groups -OCH3 is 1. The van der Waals surface area contributed by atoms with Gasteiger partial charge in [0.05, 0.1) is 13.3 Å². The zero-order valence-electron chi connectivity index (χ0n) is 9.16. The van der Waals surface area contributed by atoms with Crippen molar-refractivity contribution in [3.05, 3.63) is 17.5 Å². The summed E-state index contributed by atoms with van der Waals surface area (Å²) in [4.78, 5) is 14.1. The highest BCUT2D eigenvalue weighted by atomic mass is 19.4. The van der Waals surface area contributed by atoms with Crippen LogP contribution in [0.1, 0.15) is 22.5 Å². The van der Waals surface area contributed by atoms with Crippen LogP contribution < -0.4 is 4.74 Å². The van der Waals surface area contributed by atoms with Gasteiger partial charge in [-0.3, -0.25) is 0 Å². The first-order valence-electron chi connectivity index (χ1n) is 4.51. The van der Waals surface area contributed by atoms with Crippen molar-refractivity contribution in [2.24, 2.45) is 0 Å². The van der Waals surface area contributed by atoms with E-state index in [1.165, 1.54) is 0 Å². The highest BCUT2D eigenvalue weighted by Gasteiger charge is 2.35. The van der Waals surface area contributed by atoms with Gasteiger partial charge in [0, 0.05) is 0 Å². The monoisotopic (exact) mass is 287 g/mol. The minimum atomic E-state index is -5.25. The third kappa shape index (κ3) is 3.42. The standard InChI is InChI=1S/C9H6F5NO4/c1-18-8(17)5-6(16)4(7(10)11)3(2-15-5)19-9(12,13)14/h2,7,16H,1H3. The zero-order chi connectivity index (χ0) is 14.8. The van der Waals surface area contributed by atoms with E-state index in [-0.39, 0.29) is 6.20 Å². The van der Waals surface area contributed by atoms with Gasteiger partial charge in [0.2, 0.25) is 0 Å². The third-order valence-electron chi connectivity index (χ3n) is 1.88. The van der Waals surface area contributed by atoms with Gasteiger partial charge in [-0.05, 0) is 0 Å². The van der Waals surface area contributed by atoms with Crippen molar-refractivity contribution in [1.29, 1.82) is 0 Å². The molecule has 19 heavy (non-hydrogen) atoms. The molecule has 0 aromatic carbocycles. The van der Waals surface area contributed by atoms with Gasteiger partial charge in [-0.1, -0.05) is 0 Å². The lowest BCUT2D eigenvalue weighted by atomic mass is 10.2. The fourth-order valence-electron chi connectivity index (χ4n) is 1.16. The number of hydrogen-bond acceptors (Lipinski definition) is 5. The van der Waals surface area contributed by atoms with E-state index in [9.17, 15) is 31.9 Å². The van der Waals surface area contributed by atoms with Crippen LogP contribution in [0, 0.1) is 0 Å². The van der Waals surface area contributed by atoms with Gasteiger partial charge in [0.15, 0.2) is 17.2 Å². The minimum Gasteiger partial charge on any atom is -0.505 e. The van der Waals surface area contributed by atoms with Crippen LogP contribution in [-0.4, -0.2) is 29.5 Å². The molecule has 0 aliphatic heterocycles. The maximum absolute atomic E-state index is 12.6. The number of nitrogens with zero attached hydrogens (tertiary/aromatic N) is 1. The topological polar surface area (TPSA) is 68.7 Å². The Morgan fingerprint density at radius 3 is 2.42 bits per heavy atom. The van der Waals surface area contributed by atoms with Crippen molar-refractivity contribution < 1.29 is 41.3 Å². The summed E-state index contributed by atoms with van der Waals surface area (Å²) in [5.41, 5.74) is -2.43. The van der Waals surface area contributed by atoms with Crippen LogP contribution in [0.5, 0.6) is 11.5 Å². The summed E-state index contributed by atoms with van der Waals surface area (Å²) >= 11 is 0. The zero-order valence-corrected chi connectivity index (χ0v) is 9.16. The summed E-state index contributed by atoms with van der Waals surface area (Å²) in [5.74, 6) is -4.10. The number of rotatable bonds is 3. The first kappa shape index (κ1) is 14.9. The molecule has 106 valence electrons. The number of ether oxygens (including phenoxy) is 2. The molecule has 1 N–H and O–H groups in total. The smallest absolute Gasteiger partial charge is 0.505 e. The second kappa shape index (κ2) is 5.24. The van der Waals surface area contributed by atoms with Gasteiger partial charge in [0.25, 0.3) is 6.43 Å². The summed E-state index contributed by atoms with van der Waals surface area (Å²) in [6, 6.07) is 0. The van der Waals surface area contributed by atoms with Gasteiger partial charge in [-0.15, -0.1) is 13.2 Å². The molecule has 1 rings (SSSR count). The van der Waals surface area contributed by atoms with Crippen LogP contribution in [0.25, 0.3) is 0 Å². The van der Waals surface area contributed by atoms with Gasteiger partial charge in [-0.2, -0.15) is 0 Å². The minimum absolute atomic E-state index is 0.251. The van der Waals surface area contributed by atoms with Gasteiger partial charge in [-0.25, -0.2) is 18.6 Å². The predicted molar refractivity (Wildman–Crippen MR) is 48.9 cm³/mol. The van der Waals surface area contributed by atoms with E-state index in [1.807, 2.05) is 0 Å². The van der Waals surface area contributed by atoms with E-state index >= 15 is 0 Å². The lowest BCUT2D eigenvalue weighted by Gasteiger charge is -2.14. The number of hydrogen-bond donors (Lipinski definition) is 1. The normalized spacial score (nSPS) is 11.5. The number of alkyl halides is 5. The Morgan fingerprint density at radius 1 is 1.42 bits per heavy atom. The molecule has 0 unspecified atom stereocenters. The molecule has 0 amide bonds. The van der Waals surface area contributed by atoms with Crippen molar-refractivity contribution in [1.82, 2.24) is 4.98 Å². The molecule has 0 radical (unpaired) electrons. The lowest BCUT2D eigenvalue weighted by molar-refractivity contribution is -0.275. The molecule has 0 fully saturated rings. The Labute approximate surface area is 102 Å². The van der Waals surface area contributed by atoms with Crippen molar-refractivity contribution in [3.8, 4) is 11.5 Å². The molecular weight excluding hydrogens is 281 g/mol. The van der Waals surface area contributed by atoms with E-state index in [0.29, 0.717) is 0 Å². The quantitative estimate of drug-likeness (QED) is 0.683. The molecule has 0 bridgehead atoms. The van der Waals surface area contributed by atoms with Crippen LogP contribution in [0.3, 0.4) is 0 Å². The second-order valence-electron chi connectivity index (χ2n) is 3.07. The Morgan fingerprint density at radius 2 is 2.00 bits per heavy atom. The summed E-state index contributed by atoms with van der Waals surface area (Å²) in [6.07, 6.45) is -8.50. The largest absolute Gasteiger partial charge is 0.573 e. The maximum Gasteiger partial charge on any atom is 0.573 e. The maximum atomic E-state index is 12.6. The number of pyridine rings is 1. The van der Waals surface area contributed by atoms with Crippen LogP contribution in [-0.2, 0) is 4.74 Å². The number of carbonyl (C=O) groups is 1. The van der Waals surface area contributed by atoms with E-state index in [4.69, 9.17) is 0 Å². The molecule has 0 aliphatic rings. The van der Waals surface area contributed by atoms with Crippen LogP contribution in [0.4, 0.5) is 22.0 Å². The van der Waals surface area contributed by atoms with Crippen molar-refractivity contribution in [2.75, 3.05) is 7.11 Å². The molecule has 1 aromatic rings. The summed E-state index contributed by atoms with van der Waals surface area (Å²) < 4.78 is 68.6. The van der Waals surface area contributed by atoms with Crippen molar-refractivity contribution in [2.45, 2.75) is 12.8 Å². The lowest BCUT2D eigenvalue weighted by Crippen LogP contribution is -2.19. The first-order chi connectivity index (χ1) is 8.67. The summed E-state index contributed by atoms with van der Waals surface area (Å²) in [6.45, 7) is 0. The van der Waals surface area contributed by atoms with Gasteiger partial charge < -0.3 is 14.6 Å². The average molecular weight is 287 g/mol. The molecule has 5 nitrogen and oxygen atoms in total. The number of aromatic hydroxyl groups is 1. The molecule has 0 aliphatic carbocycles. The molecule has 10 heteroatoms. The van der Waals surface area contributed by atoms with Gasteiger partial charge >= 0.3 is 12.3 Å².